The number of hydrogen-bond donors (Lipinski definition) is 0. The van der Waals surface area contributed by atoms with Crippen molar-refractivity contribution in [2.75, 3.05) is 0 Å². The lowest BCUT2D eigenvalue weighted by molar-refractivity contribution is -0.142. The van der Waals surface area contributed by atoms with Crippen molar-refractivity contribution in [2.24, 2.45) is 5.41 Å². The number of ketones is 1. The summed E-state index contributed by atoms with van der Waals surface area (Å²) in [4.78, 5) is 28.1. The van der Waals surface area contributed by atoms with Gasteiger partial charge in [0.1, 0.15) is 5.75 Å². The highest BCUT2D eigenvalue weighted by molar-refractivity contribution is 6.21. The van der Waals surface area contributed by atoms with E-state index in [9.17, 15) is 9.59 Å². The minimum Gasteiger partial charge on any atom is -0.425 e. The Bertz CT molecular complexity index is 1390. The number of Topliss-reactive ketones (excluding diaryl/α,β-unsaturated/α-hetero) is 1. The molecule has 6 rings (SSSR count). The summed E-state index contributed by atoms with van der Waals surface area (Å²) in [7, 11) is 0. The Morgan fingerprint density at radius 1 is 0.853 bits per heavy atom. The molecule has 0 saturated heterocycles. The number of hydrogen-bond acceptors (Lipinski definition) is 3. The van der Waals surface area contributed by atoms with Gasteiger partial charge in [-0.3, -0.25) is 9.59 Å². The number of esters is 1. The number of ether oxygens (including phenoxy) is 1. The maximum absolute atomic E-state index is 14.2. The standard InChI is InChI=1S/C31H24O3/c1-20-27-23(19-21-11-4-2-5-12-21)15-10-17-25(27)28(22-13-6-3-7-14-22)31(20)29(32)24-16-8-9-18-26(24)34-30(31)33/h2-9,11-14,16,18-19,28H,1,10,15,17H2/b23-19+. The summed E-state index contributed by atoms with van der Waals surface area (Å²) in [6, 6.07) is 27.1. The van der Waals surface area contributed by atoms with E-state index in [0.29, 0.717) is 16.9 Å². The van der Waals surface area contributed by atoms with Crippen molar-refractivity contribution in [2.45, 2.75) is 25.2 Å². The first kappa shape index (κ1) is 20.6. The molecular formula is C31H24O3. The van der Waals surface area contributed by atoms with Gasteiger partial charge in [0.25, 0.3) is 0 Å². The van der Waals surface area contributed by atoms with Gasteiger partial charge in [-0.15, -0.1) is 0 Å². The fraction of sp³-hybridized carbons (Fsp3) is 0.161. The van der Waals surface area contributed by atoms with Crippen LogP contribution < -0.4 is 4.74 Å². The molecule has 2 atom stereocenters. The predicted octanol–water partition coefficient (Wildman–Crippen LogP) is 6.69. The molecule has 3 aromatic rings. The van der Waals surface area contributed by atoms with E-state index < -0.39 is 17.3 Å². The average Bonchev–Trinajstić information content (AvgIpc) is 3.14. The summed E-state index contributed by atoms with van der Waals surface area (Å²) in [5.74, 6) is -0.841. The fourth-order valence-corrected chi connectivity index (χ4v) is 5.96. The molecule has 0 N–H and O–H groups in total. The van der Waals surface area contributed by atoms with Crippen LogP contribution in [0.25, 0.3) is 6.08 Å². The number of para-hydroxylation sites is 1. The number of carbonyl (C=O) groups excluding carboxylic acids is 2. The van der Waals surface area contributed by atoms with Crippen molar-refractivity contribution in [1.82, 2.24) is 0 Å². The van der Waals surface area contributed by atoms with Crippen molar-refractivity contribution >= 4 is 17.8 Å². The third-order valence-electron chi connectivity index (χ3n) is 7.38. The van der Waals surface area contributed by atoms with Gasteiger partial charge in [0.05, 0.1) is 5.56 Å². The van der Waals surface area contributed by atoms with E-state index in [1.54, 1.807) is 18.2 Å². The van der Waals surface area contributed by atoms with Crippen LogP contribution in [-0.2, 0) is 4.79 Å². The van der Waals surface area contributed by atoms with E-state index in [0.717, 1.165) is 47.1 Å². The van der Waals surface area contributed by atoms with E-state index in [-0.39, 0.29) is 5.78 Å². The van der Waals surface area contributed by atoms with Crippen LogP contribution in [-0.4, -0.2) is 11.8 Å². The number of allylic oxidation sites excluding steroid dienone is 3. The van der Waals surface area contributed by atoms with Crippen molar-refractivity contribution in [3.8, 4) is 5.75 Å². The predicted molar refractivity (Wildman–Crippen MR) is 132 cm³/mol. The highest BCUT2D eigenvalue weighted by Crippen LogP contribution is 2.63. The zero-order chi connectivity index (χ0) is 23.3. The Morgan fingerprint density at radius 2 is 1.53 bits per heavy atom. The lowest BCUT2D eigenvalue weighted by Crippen LogP contribution is -2.49. The van der Waals surface area contributed by atoms with Crippen LogP contribution in [0.3, 0.4) is 0 Å². The van der Waals surface area contributed by atoms with Gasteiger partial charge in [-0.2, -0.15) is 0 Å². The lowest BCUT2D eigenvalue weighted by Gasteiger charge is -2.38. The smallest absolute Gasteiger partial charge is 0.330 e. The minimum absolute atomic E-state index is 0.216. The average molecular weight is 445 g/mol. The van der Waals surface area contributed by atoms with Gasteiger partial charge in [0, 0.05) is 5.92 Å². The second-order valence-electron chi connectivity index (χ2n) is 9.18. The maximum Gasteiger partial charge on any atom is 0.330 e. The van der Waals surface area contributed by atoms with Gasteiger partial charge >= 0.3 is 5.97 Å². The Kier molecular flexibility index (Phi) is 4.73. The first-order chi connectivity index (χ1) is 16.6. The van der Waals surface area contributed by atoms with Gasteiger partial charge in [-0.05, 0) is 59.2 Å². The number of carbonyl (C=O) groups is 2. The molecule has 3 aliphatic rings. The van der Waals surface area contributed by atoms with Crippen LogP contribution in [0, 0.1) is 5.41 Å². The van der Waals surface area contributed by atoms with Crippen molar-refractivity contribution in [3.05, 3.63) is 130 Å². The number of fused-ring (bicyclic) bond motifs is 1. The zero-order valence-corrected chi connectivity index (χ0v) is 18.8. The Labute approximate surface area is 199 Å². The van der Waals surface area contributed by atoms with Crippen LogP contribution >= 0.6 is 0 Å². The third-order valence-corrected chi connectivity index (χ3v) is 7.38. The molecule has 166 valence electrons. The minimum atomic E-state index is -1.49. The summed E-state index contributed by atoms with van der Waals surface area (Å²) in [6.07, 6.45) is 4.84. The summed E-state index contributed by atoms with van der Waals surface area (Å²) in [5, 5.41) is 0. The molecule has 34 heavy (non-hydrogen) atoms. The van der Waals surface area contributed by atoms with Crippen LogP contribution in [0.5, 0.6) is 5.75 Å². The summed E-state index contributed by atoms with van der Waals surface area (Å²) >= 11 is 0. The fourth-order valence-electron chi connectivity index (χ4n) is 5.96. The van der Waals surface area contributed by atoms with E-state index >= 15 is 0 Å². The molecule has 0 aromatic heterocycles. The Morgan fingerprint density at radius 3 is 2.29 bits per heavy atom. The summed E-state index contributed by atoms with van der Waals surface area (Å²) < 4.78 is 5.86. The molecule has 3 nitrogen and oxygen atoms in total. The topological polar surface area (TPSA) is 43.4 Å². The number of benzene rings is 3. The lowest BCUT2D eigenvalue weighted by atomic mass is 9.64. The van der Waals surface area contributed by atoms with Crippen LogP contribution in [0.15, 0.2) is 114 Å². The largest absolute Gasteiger partial charge is 0.425 e. The van der Waals surface area contributed by atoms with E-state index in [2.05, 4.69) is 24.8 Å². The molecule has 0 fully saturated rings. The number of rotatable bonds is 2. The van der Waals surface area contributed by atoms with Gasteiger partial charge < -0.3 is 4.74 Å². The highest BCUT2D eigenvalue weighted by atomic mass is 16.5. The SMILES string of the molecule is C=C1C2=C(CCC/C2=C\c2ccccc2)C(c2ccccc2)C12C(=O)Oc1ccccc1C2=O. The monoisotopic (exact) mass is 444 g/mol. The zero-order valence-electron chi connectivity index (χ0n) is 18.8. The van der Waals surface area contributed by atoms with E-state index in [1.807, 2.05) is 54.6 Å². The summed E-state index contributed by atoms with van der Waals surface area (Å²) in [6.45, 7) is 4.44. The molecule has 2 unspecified atom stereocenters. The molecule has 1 spiro atoms. The molecule has 0 amide bonds. The van der Waals surface area contributed by atoms with Gasteiger partial charge in [0.2, 0.25) is 0 Å². The Balaban J connectivity index is 1.60. The van der Waals surface area contributed by atoms with E-state index in [4.69, 9.17) is 4.74 Å². The second-order valence-corrected chi connectivity index (χ2v) is 9.18. The first-order valence-electron chi connectivity index (χ1n) is 11.7. The molecule has 0 bridgehead atoms. The molecule has 1 aliphatic heterocycles. The van der Waals surface area contributed by atoms with E-state index in [1.165, 1.54) is 0 Å². The summed E-state index contributed by atoms with van der Waals surface area (Å²) in [5.41, 5.74) is 4.80. The molecule has 0 radical (unpaired) electrons. The van der Waals surface area contributed by atoms with Gasteiger partial charge in [-0.1, -0.05) is 91.0 Å². The highest BCUT2D eigenvalue weighted by Gasteiger charge is 2.64. The van der Waals surface area contributed by atoms with Crippen LogP contribution in [0.1, 0.15) is 46.7 Å². The quantitative estimate of drug-likeness (QED) is 0.251. The van der Waals surface area contributed by atoms with Crippen molar-refractivity contribution in [3.63, 3.8) is 0 Å². The first-order valence-corrected chi connectivity index (χ1v) is 11.7. The van der Waals surface area contributed by atoms with Crippen LogP contribution in [0.2, 0.25) is 0 Å². The third kappa shape index (κ3) is 2.83. The Hall–Kier alpha value is -3.98. The molecule has 1 heterocycles. The normalized spacial score (nSPS) is 24.9. The second kappa shape index (κ2) is 7.81. The molecular weight excluding hydrogens is 420 g/mol. The molecule has 0 saturated carbocycles. The van der Waals surface area contributed by atoms with Gasteiger partial charge in [-0.25, -0.2) is 0 Å². The molecule has 3 heteroatoms. The molecule has 2 aliphatic carbocycles. The van der Waals surface area contributed by atoms with Crippen LogP contribution in [0.4, 0.5) is 0 Å². The molecule has 3 aromatic carbocycles. The van der Waals surface area contributed by atoms with Gasteiger partial charge in [0.15, 0.2) is 11.2 Å². The van der Waals surface area contributed by atoms with Crippen molar-refractivity contribution < 1.29 is 14.3 Å². The van der Waals surface area contributed by atoms with Crippen molar-refractivity contribution in [1.29, 1.82) is 0 Å². The maximum atomic E-state index is 14.2.